The Hall–Kier alpha value is -1.72. The molecule has 5 heteroatoms. The maximum Gasteiger partial charge on any atom is 0.200 e. The lowest BCUT2D eigenvalue weighted by atomic mass is 10.1. The van der Waals surface area contributed by atoms with Crippen LogP contribution in [0.25, 0.3) is 0 Å². The highest BCUT2D eigenvalue weighted by atomic mass is 32.1. The van der Waals surface area contributed by atoms with Crippen molar-refractivity contribution in [2.45, 2.75) is 26.4 Å². The van der Waals surface area contributed by atoms with Gasteiger partial charge in [-0.2, -0.15) is 0 Å². The van der Waals surface area contributed by atoms with E-state index >= 15 is 0 Å². The van der Waals surface area contributed by atoms with Gasteiger partial charge in [0.15, 0.2) is 11.5 Å². The van der Waals surface area contributed by atoms with Crippen molar-refractivity contribution >= 4 is 11.3 Å². The Morgan fingerprint density at radius 2 is 1.68 bits per heavy atom. The molecular weight excluding hydrogens is 262 g/mol. The normalized spacial score (nSPS) is 10.8. The van der Waals surface area contributed by atoms with E-state index in [0.717, 1.165) is 6.42 Å². The van der Waals surface area contributed by atoms with Crippen LogP contribution < -0.4 is 5.32 Å². The molecule has 2 aromatic rings. The fraction of sp³-hybridized carbons (Fsp3) is 0.286. The molecule has 0 fully saturated rings. The standard InChI is InChI=1S/C14H17NO3S/c1-2-10-4-5-11(19-10)8-15-7-9-3-6-12(16)14(18)13(9)17/h3-6,15-18H,2,7-8H2,1H3. The second kappa shape index (κ2) is 5.95. The van der Waals surface area contributed by atoms with Gasteiger partial charge in [-0.05, 0) is 24.6 Å². The molecule has 0 atom stereocenters. The zero-order chi connectivity index (χ0) is 13.8. The Morgan fingerprint density at radius 1 is 0.947 bits per heavy atom. The van der Waals surface area contributed by atoms with Crippen LogP contribution in [0, 0.1) is 0 Å². The first kappa shape index (κ1) is 13.7. The van der Waals surface area contributed by atoms with Crippen LogP contribution in [0.1, 0.15) is 22.2 Å². The minimum Gasteiger partial charge on any atom is -0.504 e. The summed E-state index contributed by atoms with van der Waals surface area (Å²) in [5.41, 5.74) is 0.558. The van der Waals surface area contributed by atoms with Crippen molar-refractivity contribution in [3.8, 4) is 17.2 Å². The highest BCUT2D eigenvalue weighted by molar-refractivity contribution is 7.11. The maximum atomic E-state index is 9.67. The van der Waals surface area contributed by atoms with Crippen LogP contribution in [0.3, 0.4) is 0 Å². The first-order chi connectivity index (χ1) is 9.11. The van der Waals surface area contributed by atoms with E-state index in [2.05, 4.69) is 24.4 Å². The Bertz CT molecular complexity index is 566. The fourth-order valence-corrected chi connectivity index (χ4v) is 2.71. The summed E-state index contributed by atoms with van der Waals surface area (Å²) < 4.78 is 0. The number of rotatable bonds is 5. The van der Waals surface area contributed by atoms with E-state index in [0.29, 0.717) is 18.7 Å². The number of aromatic hydroxyl groups is 3. The fourth-order valence-electron chi connectivity index (χ4n) is 1.78. The molecule has 0 saturated carbocycles. The summed E-state index contributed by atoms with van der Waals surface area (Å²) in [5.74, 6) is -1.05. The van der Waals surface area contributed by atoms with Gasteiger partial charge in [-0.1, -0.05) is 13.0 Å². The molecule has 0 unspecified atom stereocenters. The molecule has 0 spiro atoms. The molecule has 0 aliphatic rings. The second-order valence-electron chi connectivity index (χ2n) is 4.27. The van der Waals surface area contributed by atoms with E-state index in [9.17, 15) is 15.3 Å². The maximum absolute atomic E-state index is 9.67. The average Bonchev–Trinajstić information content (AvgIpc) is 2.87. The number of phenolic OH excluding ortho intramolecular Hbond substituents is 3. The van der Waals surface area contributed by atoms with Gasteiger partial charge in [0.2, 0.25) is 5.75 Å². The molecule has 0 aliphatic carbocycles. The topological polar surface area (TPSA) is 72.7 Å². The summed E-state index contributed by atoms with van der Waals surface area (Å²) in [6.45, 7) is 3.27. The van der Waals surface area contributed by atoms with Gasteiger partial charge >= 0.3 is 0 Å². The van der Waals surface area contributed by atoms with E-state index in [4.69, 9.17) is 0 Å². The molecule has 0 bridgehead atoms. The van der Waals surface area contributed by atoms with Gasteiger partial charge in [0, 0.05) is 28.4 Å². The van der Waals surface area contributed by atoms with Gasteiger partial charge < -0.3 is 20.6 Å². The Morgan fingerprint density at radius 3 is 2.37 bits per heavy atom. The smallest absolute Gasteiger partial charge is 0.200 e. The molecule has 0 saturated heterocycles. The lowest BCUT2D eigenvalue weighted by molar-refractivity contribution is 0.364. The average molecular weight is 279 g/mol. The lowest BCUT2D eigenvalue weighted by Crippen LogP contribution is -2.11. The van der Waals surface area contributed by atoms with Crippen LogP contribution in [-0.4, -0.2) is 15.3 Å². The lowest BCUT2D eigenvalue weighted by Gasteiger charge is -2.08. The third-order valence-electron chi connectivity index (χ3n) is 2.89. The molecular formula is C14H17NO3S. The van der Waals surface area contributed by atoms with Gasteiger partial charge in [0.1, 0.15) is 0 Å². The van der Waals surface area contributed by atoms with Crippen LogP contribution in [0.4, 0.5) is 0 Å². The molecule has 4 N–H and O–H groups in total. The number of thiophene rings is 1. The molecule has 0 amide bonds. The molecule has 4 nitrogen and oxygen atoms in total. The van der Waals surface area contributed by atoms with Gasteiger partial charge in [0.05, 0.1) is 0 Å². The predicted octanol–water partition coefficient (Wildman–Crippen LogP) is 2.72. The monoisotopic (exact) mass is 279 g/mol. The Kier molecular flexibility index (Phi) is 4.29. The highest BCUT2D eigenvalue weighted by Gasteiger charge is 2.10. The van der Waals surface area contributed by atoms with Crippen LogP contribution in [-0.2, 0) is 19.5 Å². The summed E-state index contributed by atoms with van der Waals surface area (Å²) in [7, 11) is 0. The minimum absolute atomic E-state index is 0.270. The quantitative estimate of drug-likeness (QED) is 0.635. The molecule has 1 aromatic carbocycles. The van der Waals surface area contributed by atoms with Crippen molar-refractivity contribution in [3.05, 3.63) is 39.6 Å². The van der Waals surface area contributed by atoms with Crippen LogP contribution in [0.5, 0.6) is 17.2 Å². The number of benzene rings is 1. The van der Waals surface area contributed by atoms with Crippen LogP contribution in [0.15, 0.2) is 24.3 Å². The summed E-state index contributed by atoms with van der Waals surface area (Å²) in [6, 6.07) is 7.16. The van der Waals surface area contributed by atoms with Gasteiger partial charge in [-0.3, -0.25) is 0 Å². The number of phenols is 3. The summed E-state index contributed by atoms with van der Waals surface area (Å²) >= 11 is 1.76. The Labute approximate surface area is 116 Å². The van der Waals surface area contributed by atoms with Gasteiger partial charge in [-0.25, -0.2) is 0 Å². The highest BCUT2D eigenvalue weighted by Crippen LogP contribution is 2.36. The second-order valence-corrected chi connectivity index (χ2v) is 5.52. The first-order valence-electron chi connectivity index (χ1n) is 6.13. The van der Waals surface area contributed by atoms with E-state index in [1.54, 1.807) is 17.4 Å². The van der Waals surface area contributed by atoms with Crippen molar-refractivity contribution in [2.24, 2.45) is 0 Å². The largest absolute Gasteiger partial charge is 0.504 e. The minimum atomic E-state index is -0.469. The van der Waals surface area contributed by atoms with Crippen LogP contribution >= 0.6 is 11.3 Å². The number of aryl methyl sites for hydroxylation is 1. The third-order valence-corrected chi connectivity index (χ3v) is 4.12. The zero-order valence-electron chi connectivity index (χ0n) is 10.7. The summed E-state index contributed by atoms with van der Waals surface area (Å²) in [5, 5.41) is 31.5. The van der Waals surface area contributed by atoms with Gasteiger partial charge in [0.25, 0.3) is 0 Å². The van der Waals surface area contributed by atoms with Crippen molar-refractivity contribution in [2.75, 3.05) is 0 Å². The van der Waals surface area contributed by atoms with Crippen molar-refractivity contribution in [1.29, 1.82) is 0 Å². The van der Waals surface area contributed by atoms with E-state index in [1.165, 1.54) is 15.8 Å². The van der Waals surface area contributed by atoms with E-state index < -0.39 is 5.75 Å². The molecule has 2 rings (SSSR count). The molecule has 0 radical (unpaired) electrons. The van der Waals surface area contributed by atoms with Crippen molar-refractivity contribution in [1.82, 2.24) is 5.32 Å². The van der Waals surface area contributed by atoms with E-state index in [-0.39, 0.29) is 11.5 Å². The SMILES string of the molecule is CCc1ccc(CNCc2ccc(O)c(O)c2O)s1. The third kappa shape index (κ3) is 3.19. The molecule has 0 aliphatic heterocycles. The first-order valence-corrected chi connectivity index (χ1v) is 6.94. The number of nitrogens with one attached hydrogen (secondary N) is 1. The number of hydrogen-bond acceptors (Lipinski definition) is 5. The Balaban J connectivity index is 1.94. The molecule has 19 heavy (non-hydrogen) atoms. The predicted molar refractivity (Wildman–Crippen MR) is 75.7 cm³/mol. The summed E-state index contributed by atoms with van der Waals surface area (Å²) in [6.07, 6.45) is 1.04. The molecule has 1 heterocycles. The van der Waals surface area contributed by atoms with Crippen molar-refractivity contribution in [3.63, 3.8) is 0 Å². The molecule has 102 valence electrons. The van der Waals surface area contributed by atoms with Gasteiger partial charge in [-0.15, -0.1) is 11.3 Å². The van der Waals surface area contributed by atoms with Crippen LogP contribution in [0.2, 0.25) is 0 Å². The molecule has 1 aromatic heterocycles. The van der Waals surface area contributed by atoms with Crippen molar-refractivity contribution < 1.29 is 15.3 Å². The zero-order valence-corrected chi connectivity index (χ0v) is 11.5. The summed E-state index contributed by atoms with van der Waals surface area (Å²) in [4.78, 5) is 2.58. The number of hydrogen-bond donors (Lipinski definition) is 4. The van der Waals surface area contributed by atoms with E-state index in [1.807, 2.05) is 0 Å².